The van der Waals surface area contributed by atoms with Gasteiger partial charge in [0.2, 0.25) is 53.2 Å². The van der Waals surface area contributed by atoms with Crippen LogP contribution in [0.15, 0.2) is 17.5 Å². The lowest BCUT2D eigenvalue weighted by atomic mass is 10.0. The Hall–Kier alpha value is -6.90. The van der Waals surface area contributed by atoms with Gasteiger partial charge in [-0.25, -0.2) is 9.78 Å². The Kier molecular flexibility index (Phi) is 21.5. The second-order valence-electron chi connectivity index (χ2n) is 19.8. The highest BCUT2D eigenvalue weighted by Crippen LogP contribution is 2.27. The molecule has 27 heteroatoms. The molecule has 4 aliphatic rings. The van der Waals surface area contributed by atoms with Crippen molar-refractivity contribution in [2.75, 3.05) is 39.3 Å². The van der Waals surface area contributed by atoms with E-state index in [0.29, 0.717) is 50.8 Å². The maximum atomic E-state index is 14.2. The summed E-state index contributed by atoms with van der Waals surface area (Å²) >= 11 is 0. The van der Waals surface area contributed by atoms with Crippen molar-refractivity contribution < 1.29 is 58.2 Å². The molecule has 0 unspecified atom stereocenters. The Morgan fingerprint density at radius 2 is 1.24 bits per heavy atom. The number of aromatic nitrogens is 2. The van der Waals surface area contributed by atoms with Crippen LogP contribution in [0.4, 0.5) is 0 Å². The molecule has 10 atom stereocenters. The number of imidazole rings is 1. The lowest BCUT2D eigenvalue weighted by Gasteiger charge is -2.33. The molecule has 0 bridgehead atoms. The molecule has 410 valence electrons. The molecule has 4 fully saturated rings. The molecule has 4 saturated heterocycles. The van der Waals surface area contributed by atoms with Crippen molar-refractivity contribution in [2.24, 2.45) is 22.4 Å². The third-order valence-corrected chi connectivity index (χ3v) is 13.7. The largest absolute Gasteiger partial charge is 0.480 e. The van der Waals surface area contributed by atoms with E-state index in [2.05, 4.69) is 52.2 Å². The average molecular weight is 1040 g/mol. The van der Waals surface area contributed by atoms with Gasteiger partial charge in [0.05, 0.1) is 19.0 Å². The number of aliphatic carboxylic acids is 1. The topological polar surface area (TPSA) is 398 Å². The van der Waals surface area contributed by atoms with Crippen LogP contribution in [0.3, 0.4) is 0 Å². The zero-order valence-electron chi connectivity index (χ0n) is 42.6. The van der Waals surface area contributed by atoms with Crippen LogP contribution >= 0.6 is 0 Å². The van der Waals surface area contributed by atoms with Crippen molar-refractivity contribution in [1.82, 2.24) is 61.9 Å². The number of nitrogens with two attached hydrogens (primary N) is 2. The Morgan fingerprint density at radius 1 is 0.689 bits per heavy atom. The normalized spacial score (nSPS) is 21.9. The first kappa shape index (κ1) is 58.0. The molecule has 1 aromatic rings. The molecular formula is C47H75N15O12. The zero-order valence-corrected chi connectivity index (χ0v) is 42.6. The molecule has 4 aliphatic heterocycles. The van der Waals surface area contributed by atoms with Gasteiger partial charge in [0.1, 0.15) is 54.4 Å². The number of carboxylic acid groups (broad SMARTS) is 1. The number of rotatable bonds is 25. The molecule has 0 radical (unpaired) electrons. The van der Waals surface area contributed by atoms with Gasteiger partial charge in [-0.15, -0.1) is 0 Å². The van der Waals surface area contributed by atoms with Crippen molar-refractivity contribution in [3.05, 3.63) is 18.2 Å². The summed E-state index contributed by atoms with van der Waals surface area (Å²) in [6.45, 7) is 7.21. The van der Waals surface area contributed by atoms with Crippen LogP contribution in [0.25, 0.3) is 0 Å². The number of aliphatic hydroxyl groups excluding tert-OH is 1. The van der Waals surface area contributed by atoms with Crippen LogP contribution < -0.4 is 48.7 Å². The molecule has 74 heavy (non-hydrogen) atoms. The second-order valence-corrected chi connectivity index (χ2v) is 19.8. The summed E-state index contributed by atoms with van der Waals surface area (Å²) in [6.07, 6.45) is 6.93. The molecule has 0 aromatic carbocycles. The van der Waals surface area contributed by atoms with Crippen molar-refractivity contribution >= 4 is 65.1 Å². The van der Waals surface area contributed by atoms with E-state index >= 15 is 0 Å². The maximum Gasteiger partial charge on any atom is 0.326 e. The van der Waals surface area contributed by atoms with Gasteiger partial charge in [0.25, 0.3) is 0 Å². The molecule has 0 spiro atoms. The lowest BCUT2D eigenvalue weighted by Crippen LogP contribution is -2.60. The van der Waals surface area contributed by atoms with E-state index < -0.39 is 114 Å². The second kappa shape index (κ2) is 27.4. The highest BCUT2D eigenvalue weighted by Gasteiger charge is 2.45. The van der Waals surface area contributed by atoms with Crippen LogP contribution in [-0.4, -0.2) is 200 Å². The van der Waals surface area contributed by atoms with Gasteiger partial charge in [-0.05, 0) is 96.9 Å². The van der Waals surface area contributed by atoms with E-state index in [1.165, 1.54) is 29.2 Å². The number of hydrogen-bond acceptors (Lipinski definition) is 14. The average Bonchev–Trinajstić information content (AvgIpc) is 4.23. The van der Waals surface area contributed by atoms with Gasteiger partial charge < -0.3 is 78.6 Å². The number of nitrogens with one attached hydrogen (secondary N) is 8. The fourth-order valence-electron chi connectivity index (χ4n) is 9.77. The molecule has 1 aromatic heterocycles. The minimum absolute atomic E-state index is 0.0523. The molecular weight excluding hydrogens is 967 g/mol. The predicted molar refractivity (Wildman–Crippen MR) is 265 cm³/mol. The lowest BCUT2D eigenvalue weighted by molar-refractivity contribution is -0.148. The number of H-pyrrole nitrogens is 1. The van der Waals surface area contributed by atoms with Crippen LogP contribution in [0.2, 0.25) is 0 Å². The van der Waals surface area contributed by atoms with Crippen molar-refractivity contribution in [2.45, 2.75) is 165 Å². The van der Waals surface area contributed by atoms with E-state index in [9.17, 15) is 58.2 Å². The Morgan fingerprint density at radius 3 is 1.81 bits per heavy atom. The number of aliphatic imine (C=N–C) groups is 1. The predicted octanol–water partition coefficient (Wildman–Crippen LogP) is -4.20. The summed E-state index contributed by atoms with van der Waals surface area (Å²) in [5.74, 6) is -7.36. The van der Waals surface area contributed by atoms with E-state index in [4.69, 9.17) is 11.5 Å². The number of aliphatic hydroxyl groups is 1. The quantitative estimate of drug-likeness (QED) is 0.0251. The number of amides is 9. The fourth-order valence-corrected chi connectivity index (χ4v) is 9.77. The van der Waals surface area contributed by atoms with Crippen LogP contribution in [0.5, 0.6) is 0 Å². The first-order chi connectivity index (χ1) is 35.2. The summed E-state index contributed by atoms with van der Waals surface area (Å²) in [5, 5.41) is 38.2. The molecule has 9 amide bonds. The van der Waals surface area contributed by atoms with Crippen molar-refractivity contribution in [3.63, 3.8) is 0 Å². The van der Waals surface area contributed by atoms with E-state index in [0.717, 1.165) is 13.0 Å². The van der Waals surface area contributed by atoms with Gasteiger partial charge in [0.15, 0.2) is 5.96 Å². The van der Waals surface area contributed by atoms with Gasteiger partial charge in [-0.3, -0.25) is 48.1 Å². The summed E-state index contributed by atoms with van der Waals surface area (Å²) in [4.78, 5) is 150. The maximum absolute atomic E-state index is 14.2. The molecule has 0 saturated carbocycles. The van der Waals surface area contributed by atoms with Crippen molar-refractivity contribution in [1.29, 1.82) is 0 Å². The Labute approximate surface area is 429 Å². The summed E-state index contributed by atoms with van der Waals surface area (Å²) < 4.78 is 0. The number of carboxylic acids is 1. The molecule has 5 heterocycles. The number of aromatic amines is 1. The van der Waals surface area contributed by atoms with Gasteiger partial charge >= 0.3 is 5.97 Å². The minimum atomic E-state index is -1.61. The standard InChI is InChI=1S/C47H75N15O12/c1-25(2)20-32(46(73)74)58-40(67)33(23-63)59-39(66)31(21-28-22-50-24-53-28)57-38(65)29(10-5-16-52-47(48)49)56-37(64)26(3)54-41(68)35-13-8-18-61(35)45(72)36-14-9-19-62(36)43(70)27(4)55-42(69)34-12-7-17-60(34)44(71)30-11-6-15-51-30/h22,24-27,29-36,51,63H,5-21,23H2,1-4H3,(H,50,53)(H,54,68)(H,55,69)(H,56,64)(H,57,65)(H,58,67)(H,59,66)(H,73,74)(H4,48,49,52)/t26-,27-,29-,30-,31-,32-,33-,34-,35-,36-/m0/s1. The summed E-state index contributed by atoms with van der Waals surface area (Å²) in [5.41, 5.74) is 11.4. The van der Waals surface area contributed by atoms with Crippen molar-refractivity contribution in [3.8, 4) is 0 Å². The number of hydrogen-bond donors (Lipinski definition) is 12. The Balaban J connectivity index is 1.21. The Bertz CT molecular complexity index is 2200. The molecule has 27 nitrogen and oxygen atoms in total. The molecule has 0 aliphatic carbocycles. The summed E-state index contributed by atoms with van der Waals surface area (Å²) in [6, 6.07) is -10.9. The monoisotopic (exact) mass is 1040 g/mol. The van der Waals surface area contributed by atoms with E-state index in [1.807, 2.05) is 0 Å². The third kappa shape index (κ3) is 15.8. The van der Waals surface area contributed by atoms with Crippen LogP contribution in [0, 0.1) is 5.92 Å². The molecule has 5 rings (SSSR count). The van der Waals surface area contributed by atoms with Gasteiger partial charge in [-0.1, -0.05) is 13.8 Å². The number of nitrogens with zero attached hydrogens (tertiary/aromatic N) is 5. The minimum Gasteiger partial charge on any atom is -0.480 e. The highest BCUT2D eigenvalue weighted by molar-refractivity contribution is 5.99. The first-order valence-corrected chi connectivity index (χ1v) is 25.5. The number of guanidine groups is 1. The fraction of sp³-hybridized carbons (Fsp3) is 0.702. The SMILES string of the molecule is CC(C)C[C@H](NC(=O)[C@H](CO)NC(=O)[C@H](Cc1cnc[nH]1)NC(=O)[C@H](CCCN=C(N)N)NC(=O)[C@H](C)NC(=O)[C@@H]1CCCN1C(=O)[C@@H]1CCCN1C(=O)[C@H](C)NC(=O)[C@@H]1CCCN1C(=O)[C@@H]1CCCN1)C(=O)O. The number of carbonyl (C=O) groups excluding carboxylic acids is 9. The van der Waals surface area contributed by atoms with Gasteiger partial charge in [0, 0.05) is 44.5 Å². The molecule has 14 N–H and O–H groups in total. The van der Waals surface area contributed by atoms with E-state index in [-0.39, 0.29) is 75.6 Å². The third-order valence-electron chi connectivity index (χ3n) is 13.7. The smallest absolute Gasteiger partial charge is 0.326 e. The number of likely N-dealkylation sites (tertiary alicyclic amines) is 3. The van der Waals surface area contributed by atoms with E-state index in [1.54, 1.807) is 25.7 Å². The first-order valence-electron chi connectivity index (χ1n) is 25.5. The van der Waals surface area contributed by atoms with Gasteiger partial charge in [-0.2, -0.15) is 0 Å². The number of carbonyl (C=O) groups is 10. The highest BCUT2D eigenvalue weighted by atomic mass is 16.4. The summed E-state index contributed by atoms with van der Waals surface area (Å²) in [7, 11) is 0. The van der Waals surface area contributed by atoms with Crippen LogP contribution in [0.1, 0.15) is 104 Å². The van der Waals surface area contributed by atoms with Crippen LogP contribution in [-0.2, 0) is 54.4 Å². The zero-order chi connectivity index (χ0) is 54.2.